The summed E-state index contributed by atoms with van der Waals surface area (Å²) < 4.78 is 0. The van der Waals surface area contributed by atoms with Crippen LogP contribution >= 0.6 is 0 Å². The van der Waals surface area contributed by atoms with Gasteiger partial charge in [0.15, 0.2) is 0 Å². The summed E-state index contributed by atoms with van der Waals surface area (Å²) in [4.78, 5) is 0. The van der Waals surface area contributed by atoms with Crippen LogP contribution in [-0.2, 0) is 0 Å². The number of fused-ring (bicyclic) bond motifs is 5. The molecule has 0 saturated heterocycles. The maximum atomic E-state index is 10.9. The monoisotopic (exact) mass is 303 g/mol. The maximum absolute atomic E-state index is 10.9. The minimum atomic E-state index is -1.23. The van der Waals surface area contributed by atoms with Crippen molar-refractivity contribution in [1.29, 1.82) is 0 Å². The molecule has 2 fully saturated rings. The third-order valence-electron chi connectivity index (χ3n) is 7.87. The van der Waals surface area contributed by atoms with Gasteiger partial charge in [-0.2, -0.15) is 0 Å². The van der Waals surface area contributed by atoms with Crippen LogP contribution in [0.5, 0.6) is 0 Å². The average Bonchev–Trinajstić information content (AvgIpc) is 2.70. The molecular weight excluding hydrogens is 274 g/mol. The molecule has 0 aromatic carbocycles. The molecule has 8 atom stereocenters. The first kappa shape index (κ1) is 14.9. The molecule has 4 rings (SSSR count). The zero-order chi connectivity index (χ0) is 15.8. The summed E-state index contributed by atoms with van der Waals surface area (Å²) in [5.41, 5.74) is 4.80. The van der Waals surface area contributed by atoms with Crippen LogP contribution in [-0.4, -0.2) is 22.0 Å². The summed E-state index contributed by atoms with van der Waals surface area (Å²) in [7, 11) is 0. The number of aliphatic hydroxyl groups excluding tert-OH is 1. The third kappa shape index (κ3) is 1.68. The average molecular weight is 303 g/mol. The Kier molecular flexibility index (Phi) is 3.03. The molecule has 3 unspecified atom stereocenters. The topological polar surface area (TPSA) is 66.5 Å². The molecular formula is C19H29NO2. The van der Waals surface area contributed by atoms with Crippen LogP contribution < -0.4 is 5.73 Å². The molecule has 4 aliphatic rings. The first-order valence-corrected chi connectivity index (χ1v) is 8.86. The van der Waals surface area contributed by atoms with Gasteiger partial charge in [0.05, 0.1) is 6.10 Å². The van der Waals surface area contributed by atoms with Gasteiger partial charge in [-0.3, -0.25) is 5.73 Å². The molecule has 0 bridgehead atoms. The van der Waals surface area contributed by atoms with E-state index in [9.17, 15) is 10.2 Å². The summed E-state index contributed by atoms with van der Waals surface area (Å²) in [6, 6.07) is 0. The molecule has 4 aliphatic carbocycles. The second-order valence-electron chi connectivity index (χ2n) is 8.70. The highest BCUT2D eigenvalue weighted by atomic mass is 16.3. The van der Waals surface area contributed by atoms with E-state index in [0.29, 0.717) is 11.8 Å². The van der Waals surface area contributed by atoms with E-state index in [1.165, 1.54) is 6.42 Å². The maximum Gasteiger partial charge on any atom is 0.138 e. The van der Waals surface area contributed by atoms with Crippen molar-refractivity contribution in [1.82, 2.24) is 0 Å². The zero-order valence-electron chi connectivity index (χ0n) is 13.7. The number of aliphatic hydroxyl groups is 2. The van der Waals surface area contributed by atoms with Crippen LogP contribution in [0.4, 0.5) is 0 Å². The smallest absolute Gasteiger partial charge is 0.138 e. The summed E-state index contributed by atoms with van der Waals surface area (Å²) in [6.45, 7) is 4.50. The largest absolute Gasteiger partial charge is 0.393 e. The van der Waals surface area contributed by atoms with Gasteiger partial charge >= 0.3 is 0 Å². The molecule has 0 spiro atoms. The lowest BCUT2D eigenvalue weighted by atomic mass is 9.45. The normalized spacial score (nSPS) is 59.8. The van der Waals surface area contributed by atoms with Crippen molar-refractivity contribution < 1.29 is 10.2 Å². The van der Waals surface area contributed by atoms with Crippen molar-refractivity contribution in [3.63, 3.8) is 0 Å². The highest BCUT2D eigenvalue weighted by Crippen LogP contribution is 2.64. The standard InChI is InChI=1S/C19H29NO2/c1-17-8-4-3-5-12(17)11-15(21)16-13(17)6-9-18(2)14(16)7-10-19(18,20)22/h4,7-8,10,12-16,21-22H,3,5-6,9,11,20H2,1-2H3/t12?,13-,14+,15?,16-,17+,18+,19?/m1/s1. The SMILES string of the molecule is C[C@]12C=CCCC1CC(O)[C@@H]1[C@H]2CC[C@@]2(C)[C@H]1C=CC2(N)O. The van der Waals surface area contributed by atoms with Crippen LogP contribution in [0.15, 0.2) is 24.3 Å². The van der Waals surface area contributed by atoms with Gasteiger partial charge in [0, 0.05) is 5.41 Å². The van der Waals surface area contributed by atoms with Crippen LogP contribution in [0, 0.1) is 34.5 Å². The van der Waals surface area contributed by atoms with E-state index in [4.69, 9.17) is 5.73 Å². The first-order valence-electron chi connectivity index (χ1n) is 8.86. The Labute approximate surface area is 133 Å². The number of hydrogen-bond acceptors (Lipinski definition) is 3. The van der Waals surface area contributed by atoms with Gasteiger partial charge in [0.1, 0.15) is 5.72 Å². The van der Waals surface area contributed by atoms with E-state index in [1.807, 2.05) is 0 Å². The van der Waals surface area contributed by atoms with Gasteiger partial charge in [-0.25, -0.2) is 0 Å². The Morgan fingerprint density at radius 2 is 1.95 bits per heavy atom. The summed E-state index contributed by atoms with van der Waals surface area (Å²) in [6.07, 6.45) is 13.6. The Balaban J connectivity index is 1.75. The zero-order valence-corrected chi connectivity index (χ0v) is 13.7. The Morgan fingerprint density at radius 1 is 1.18 bits per heavy atom. The Bertz CT molecular complexity index is 540. The second kappa shape index (κ2) is 4.46. The molecule has 0 aromatic heterocycles. The number of allylic oxidation sites excluding steroid dienone is 3. The molecule has 2 saturated carbocycles. The highest BCUT2D eigenvalue weighted by molar-refractivity contribution is 5.26. The predicted octanol–water partition coefficient (Wildman–Crippen LogP) is 2.59. The fourth-order valence-electron chi connectivity index (χ4n) is 6.30. The number of rotatable bonds is 0. The number of nitrogens with two attached hydrogens (primary N) is 1. The van der Waals surface area contributed by atoms with Crippen molar-refractivity contribution in [3.05, 3.63) is 24.3 Å². The van der Waals surface area contributed by atoms with Gasteiger partial charge in [-0.05, 0) is 67.3 Å². The van der Waals surface area contributed by atoms with Gasteiger partial charge in [0.25, 0.3) is 0 Å². The molecule has 22 heavy (non-hydrogen) atoms. The second-order valence-corrected chi connectivity index (χ2v) is 8.70. The third-order valence-corrected chi connectivity index (χ3v) is 7.87. The van der Waals surface area contributed by atoms with Crippen molar-refractivity contribution in [2.24, 2.45) is 40.2 Å². The van der Waals surface area contributed by atoms with Gasteiger partial charge in [-0.15, -0.1) is 0 Å². The summed E-state index contributed by atoms with van der Waals surface area (Å²) >= 11 is 0. The fourth-order valence-corrected chi connectivity index (χ4v) is 6.30. The van der Waals surface area contributed by atoms with Gasteiger partial charge in [0.2, 0.25) is 0 Å². The van der Waals surface area contributed by atoms with Crippen LogP contribution in [0.2, 0.25) is 0 Å². The minimum absolute atomic E-state index is 0.185. The lowest BCUT2D eigenvalue weighted by Gasteiger charge is -2.60. The van der Waals surface area contributed by atoms with E-state index >= 15 is 0 Å². The Morgan fingerprint density at radius 3 is 2.73 bits per heavy atom. The molecule has 0 aliphatic heterocycles. The fraction of sp³-hybridized carbons (Fsp3) is 0.789. The first-order chi connectivity index (χ1) is 10.3. The molecule has 3 heteroatoms. The molecule has 122 valence electrons. The van der Waals surface area contributed by atoms with E-state index in [2.05, 4.69) is 32.1 Å². The quantitative estimate of drug-likeness (QED) is 0.476. The number of hydrogen-bond donors (Lipinski definition) is 3. The van der Waals surface area contributed by atoms with Crippen molar-refractivity contribution in [2.75, 3.05) is 0 Å². The molecule has 0 heterocycles. The van der Waals surface area contributed by atoms with Crippen LogP contribution in [0.25, 0.3) is 0 Å². The molecule has 4 N–H and O–H groups in total. The van der Waals surface area contributed by atoms with Crippen LogP contribution in [0.1, 0.15) is 46.0 Å². The molecule has 0 amide bonds. The molecule has 0 aromatic rings. The van der Waals surface area contributed by atoms with Gasteiger partial charge in [-0.1, -0.05) is 32.1 Å². The van der Waals surface area contributed by atoms with Crippen LogP contribution in [0.3, 0.4) is 0 Å². The summed E-state index contributed by atoms with van der Waals surface area (Å²) in [5, 5.41) is 21.5. The lowest BCUT2D eigenvalue weighted by Crippen LogP contribution is -2.61. The van der Waals surface area contributed by atoms with Crippen molar-refractivity contribution >= 4 is 0 Å². The highest BCUT2D eigenvalue weighted by Gasteiger charge is 2.63. The van der Waals surface area contributed by atoms with Gasteiger partial charge < -0.3 is 10.2 Å². The lowest BCUT2D eigenvalue weighted by molar-refractivity contribution is -0.160. The van der Waals surface area contributed by atoms with E-state index in [1.54, 1.807) is 6.08 Å². The predicted molar refractivity (Wildman–Crippen MR) is 86.7 cm³/mol. The summed E-state index contributed by atoms with van der Waals surface area (Å²) in [5.74, 6) is 1.50. The van der Waals surface area contributed by atoms with E-state index < -0.39 is 5.72 Å². The van der Waals surface area contributed by atoms with E-state index in [0.717, 1.165) is 25.7 Å². The molecule has 3 nitrogen and oxygen atoms in total. The van der Waals surface area contributed by atoms with Crippen molar-refractivity contribution in [2.45, 2.75) is 57.8 Å². The minimum Gasteiger partial charge on any atom is -0.393 e. The molecule has 0 radical (unpaired) electrons. The van der Waals surface area contributed by atoms with E-state index in [-0.39, 0.29) is 28.8 Å². The Hall–Kier alpha value is -0.640. The van der Waals surface area contributed by atoms with Crippen molar-refractivity contribution in [3.8, 4) is 0 Å².